The smallest absolute Gasteiger partial charge is 0.256 e. The lowest BCUT2D eigenvalue weighted by molar-refractivity contribution is 0.0704. The number of rotatable bonds is 1. The SMILES string of the molecule is N[C@@H]1CCCN(C(=O)c2ccc(O)cc2F)C1. The molecule has 0 spiro atoms. The molecule has 1 aromatic rings. The van der Waals surface area contributed by atoms with E-state index in [1.54, 1.807) is 4.90 Å². The third-order valence-corrected chi connectivity index (χ3v) is 2.93. The van der Waals surface area contributed by atoms with Crippen molar-refractivity contribution in [3.05, 3.63) is 29.6 Å². The number of amides is 1. The Morgan fingerprint density at radius 1 is 1.53 bits per heavy atom. The topological polar surface area (TPSA) is 66.6 Å². The van der Waals surface area contributed by atoms with Crippen LogP contribution in [0.25, 0.3) is 0 Å². The molecule has 0 aliphatic carbocycles. The fourth-order valence-electron chi connectivity index (χ4n) is 2.04. The fourth-order valence-corrected chi connectivity index (χ4v) is 2.04. The number of aromatic hydroxyl groups is 1. The van der Waals surface area contributed by atoms with Crippen molar-refractivity contribution in [2.45, 2.75) is 18.9 Å². The Hall–Kier alpha value is -1.62. The molecule has 1 atom stereocenters. The molecule has 0 bridgehead atoms. The molecule has 1 aliphatic rings. The first-order valence-electron chi connectivity index (χ1n) is 5.61. The zero-order valence-electron chi connectivity index (χ0n) is 9.40. The molecule has 0 saturated carbocycles. The van der Waals surface area contributed by atoms with Gasteiger partial charge in [-0.3, -0.25) is 4.79 Å². The van der Waals surface area contributed by atoms with Crippen LogP contribution in [0.3, 0.4) is 0 Å². The van der Waals surface area contributed by atoms with Crippen molar-refractivity contribution in [1.29, 1.82) is 0 Å². The molecular formula is C12H15FN2O2. The van der Waals surface area contributed by atoms with E-state index in [0.717, 1.165) is 18.9 Å². The van der Waals surface area contributed by atoms with Crippen molar-refractivity contribution in [1.82, 2.24) is 4.90 Å². The number of likely N-dealkylation sites (tertiary alicyclic amines) is 1. The van der Waals surface area contributed by atoms with Gasteiger partial charge in [-0.1, -0.05) is 0 Å². The average Bonchev–Trinajstić information content (AvgIpc) is 2.28. The van der Waals surface area contributed by atoms with Gasteiger partial charge >= 0.3 is 0 Å². The average molecular weight is 238 g/mol. The van der Waals surface area contributed by atoms with Gasteiger partial charge in [0.15, 0.2) is 0 Å². The fraction of sp³-hybridized carbons (Fsp3) is 0.417. The number of phenols is 1. The van der Waals surface area contributed by atoms with Crippen molar-refractivity contribution >= 4 is 5.91 Å². The van der Waals surface area contributed by atoms with E-state index >= 15 is 0 Å². The summed E-state index contributed by atoms with van der Waals surface area (Å²) in [5.74, 6) is -1.25. The molecule has 3 N–H and O–H groups in total. The van der Waals surface area contributed by atoms with Crippen LogP contribution in [0, 0.1) is 5.82 Å². The Labute approximate surface area is 98.8 Å². The summed E-state index contributed by atoms with van der Waals surface area (Å²) >= 11 is 0. The van der Waals surface area contributed by atoms with Crippen molar-refractivity contribution in [3.8, 4) is 5.75 Å². The molecule has 1 fully saturated rings. The molecule has 2 rings (SSSR count). The van der Waals surface area contributed by atoms with Gasteiger partial charge in [0.2, 0.25) is 0 Å². The number of benzene rings is 1. The van der Waals surface area contributed by atoms with E-state index in [-0.39, 0.29) is 23.3 Å². The Balaban J connectivity index is 2.18. The lowest BCUT2D eigenvalue weighted by Crippen LogP contribution is -2.45. The number of hydrogen-bond acceptors (Lipinski definition) is 3. The van der Waals surface area contributed by atoms with Gasteiger partial charge in [-0.15, -0.1) is 0 Å². The maximum absolute atomic E-state index is 13.5. The predicted molar refractivity (Wildman–Crippen MR) is 61.2 cm³/mol. The number of nitrogens with zero attached hydrogens (tertiary/aromatic N) is 1. The number of phenolic OH excluding ortho intramolecular Hbond substituents is 1. The highest BCUT2D eigenvalue weighted by molar-refractivity contribution is 5.94. The van der Waals surface area contributed by atoms with Gasteiger partial charge in [-0.05, 0) is 25.0 Å². The van der Waals surface area contributed by atoms with Crippen molar-refractivity contribution < 1.29 is 14.3 Å². The molecule has 1 heterocycles. The monoisotopic (exact) mass is 238 g/mol. The van der Waals surface area contributed by atoms with Crippen molar-refractivity contribution in [2.24, 2.45) is 5.73 Å². The molecule has 1 aromatic carbocycles. The van der Waals surface area contributed by atoms with Gasteiger partial charge in [-0.2, -0.15) is 0 Å². The predicted octanol–water partition coefficient (Wildman–Crippen LogP) is 1.09. The molecule has 0 radical (unpaired) electrons. The first-order valence-corrected chi connectivity index (χ1v) is 5.61. The van der Waals surface area contributed by atoms with E-state index in [2.05, 4.69) is 0 Å². The minimum Gasteiger partial charge on any atom is -0.508 e. The molecule has 0 aromatic heterocycles. The quantitative estimate of drug-likeness (QED) is 0.769. The Morgan fingerprint density at radius 2 is 2.29 bits per heavy atom. The van der Waals surface area contributed by atoms with Crippen molar-refractivity contribution in [2.75, 3.05) is 13.1 Å². The number of nitrogens with two attached hydrogens (primary N) is 1. The van der Waals surface area contributed by atoms with Gasteiger partial charge in [0.1, 0.15) is 11.6 Å². The summed E-state index contributed by atoms with van der Waals surface area (Å²) in [6, 6.07) is 3.51. The minimum atomic E-state index is -0.700. The first kappa shape index (κ1) is 11.9. The lowest BCUT2D eigenvalue weighted by Gasteiger charge is -2.30. The van der Waals surface area contributed by atoms with Crippen LogP contribution >= 0.6 is 0 Å². The zero-order valence-corrected chi connectivity index (χ0v) is 9.40. The van der Waals surface area contributed by atoms with Gasteiger partial charge in [0.05, 0.1) is 5.56 Å². The second-order valence-electron chi connectivity index (χ2n) is 4.32. The van der Waals surface area contributed by atoms with Crippen LogP contribution in [-0.2, 0) is 0 Å². The Kier molecular flexibility index (Phi) is 3.28. The molecular weight excluding hydrogens is 223 g/mol. The Morgan fingerprint density at radius 3 is 2.94 bits per heavy atom. The van der Waals surface area contributed by atoms with Gasteiger partial charge in [0.25, 0.3) is 5.91 Å². The molecule has 17 heavy (non-hydrogen) atoms. The molecule has 0 unspecified atom stereocenters. The minimum absolute atomic E-state index is 0.0168. The number of carbonyl (C=O) groups excluding carboxylic acids is 1. The van der Waals surface area contributed by atoms with Crippen LogP contribution in [0.5, 0.6) is 5.75 Å². The summed E-state index contributed by atoms with van der Waals surface area (Å²) in [5, 5.41) is 9.09. The second kappa shape index (κ2) is 4.71. The van der Waals surface area contributed by atoms with E-state index < -0.39 is 5.82 Å². The standard InChI is InChI=1S/C12H15FN2O2/c13-11-6-9(16)3-4-10(11)12(17)15-5-1-2-8(14)7-15/h3-4,6,8,16H,1-2,5,7,14H2/t8-/m1/s1. The van der Waals surface area contributed by atoms with E-state index in [0.29, 0.717) is 13.1 Å². The maximum Gasteiger partial charge on any atom is 0.256 e. The summed E-state index contributed by atoms with van der Waals surface area (Å²) in [6.07, 6.45) is 1.73. The maximum atomic E-state index is 13.5. The number of halogens is 1. The first-order chi connectivity index (χ1) is 8.08. The number of piperidine rings is 1. The Bertz CT molecular complexity index is 437. The number of carbonyl (C=O) groups is 1. The highest BCUT2D eigenvalue weighted by Gasteiger charge is 2.24. The largest absolute Gasteiger partial charge is 0.508 e. The number of hydrogen-bond donors (Lipinski definition) is 2. The van der Waals surface area contributed by atoms with Gasteiger partial charge in [0, 0.05) is 25.2 Å². The normalized spacial score (nSPS) is 20.4. The van der Waals surface area contributed by atoms with Crippen LogP contribution in [-0.4, -0.2) is 35.0 Å². The molecule has 1 amide bonds. The second-order valence-corrected chi connectivity index (χ2v) is 4.32. The van der Waals surface area contributed by atoms with E-state index in [9.17, 15) is 9.18 Å². The summed E-state index contributed by atoms with van der Waals surface area (Å²) in [7, 11) is 0. The molecule has 4 nitrogen and oxygen atoms in total. The van der Waals surface area contributed by atoms with Crippen LogP contribution in [0.4, 0.5) is 4.39 Å². The molecule has 92 valence electrons. The summed E-state index contributed by atoms with van der Waals surface area (Å²) in [5.41, 5.74) is 5.76. The summed E-state index contributed by atoms with van der Waals surface area (Å²) in [6.45, 7) is 1.06. The zero-order chi connectivity index (χ0) is 12.4. The van der Waals surface area contributed by atoms with Gasteiger partial charge < -0.3 is 15.7 Å². The van der Waals surface area contributed by atoms with Crippen LogP contribution in [0.1, 0.15) is 23.2 Å². The van der Waals surface area contributed by atoms with Crippen LogP contribution in [0.15, 0.2) is 18.2 Å². The van der Waals surface area contributed by atoms with Crippen LogP contribution < -0.4 is 5.73 Å². The van der Waals surface area contributed by atoms with Crippen LogP contribution in [0.2, 0.25) is 0 Å². The van der Waals surface area contributed by atoms with Gasteiger partial charge in [-0.25, -0.2) is 4.39 Å². The van der Waals surface area contributed by atoms with E-state index in [1.807, 2.05) is 0 Å². The third-order valence-electron chi connectivity index (χ3n) is 2.93. The summed E-state index contributed by atoms with van der Waals surface area (Å²) < 4.78 is 13.5. The highest BCUT2D eigenvalue weighted by Crippen LogP contribution is 2.18. The third kappa shape index (κ3) is 2.55. The molecule has 1 aliphatic heterocycles. The van der Waals surface area contributed by atoms with Crippen molar-refractivity contribution in [3.63, 3.8) is 0 Å². The highest BCUT2D eigenvalue weighted by atomic mass is 19.1. The molecule has 5 heteroatoms. The molecule has 1 saturated heterocycles. The summed E-state index contributed by atoms with van der Waals surface area (Å²) in [4.78, 5) is 13.6. The lowest BCUT2D eigenvalue weighted by atomic mass is 10.1. The van der Waals surface area contributed by atoms with E-state index in [1.165, 1.54) is 12.1 Å². The van der Waals surface area contributed by atoms with E-state index in [4.69, 9.17) is 10.8 Å².